The number of hydrogen-bond acceptors (Lipinski definition) is 1. The minimum atomic E-state index is -0.395. The summed E-state index contributed by atoms with van der Waals surface area (Å²) in [6, 6.07) is 0. The van der Waals surface area contributed by atoms with Gasteiger partial charge in [0.25, 0.3) is 0 Å². The smallest absolute Gasteiger partial charge is 0.247 e. The molecular formula is C9H15ClO. The Morgan fingerprint density at radius 3 is 2.55 bits per heavy atom. The SMILES string of the molecule is C=C(CCC(C)CC)C(=O)Cl. The van der Waals surface area contributed by atoms with Crippen molar-refractivity contribution in [3.63, 3.8) is 0 Å². The van der Waals surface area contributed by atoms with Crippen LogP contribution >= 0.6 is 11.6 Å². The van der Waals surface area contributed by atoms with Gasteiger partial charge in [0.15, 0.2) is 0 Å². The maximum absolute atomic E-state index is 10.5. The van der Waals surface area contributed by atoms with Crippen LogP contribution in [-0.2, 0) is 4.79 Å². The number of carbonyl (C=O) groups is 1. The van der Waals surface area contributed by atoms with Crippen LogP contribution in [0.5, 0.6) is 0 Å². The van der Waals surface area contributed by atoms with Gasteiger partial charge in [-0.05, 0) is 30.4 Å². The average Bonchev–Trinajstić information content (AvgIpc) is 1.99. The van der Waals surface area contributed by atoms with E-state index in [0.29, 0.717) is 11.5 Å². The third kappa shape index (κ3) is 5.02. The fourth-order valence-corrected chi connectivity index (χ4v) is 0.818. The third-order valence-corrected chi connectivity index (χ3v) is 2.18. The lowest BCUT2D eigenvalue weighted by Gasteiger charge is -2.06. The molecule has 1 atom stereocenters. The van der Waals surface area contributed by atoms with E-state index in [0.717, 1.165) is 19.3 Å². The Kier molecular flexibility index (Phi) is 5.22. The molecule has 0 aliphatic carbocycles. The second-order valence-electron chi connectivity index (χ2n) is 2.93. The molecule has 0 fully saturated rings. The van der Waals surface area contributed by atoms with Gasteiger partial charge < -0.3 is 0 Å². The number of rotatable bonds is 5. The summed E-state index contributed by atoms with van der Waals surface area (Å²) in [5, 5.41) is -0.395. The standard InChI is InChI=1S/C9H15ClO/c1-4-7(2)5-6-8(3)9(10)11/h7H,3-6H2,1-2H3. The molecule has 0 aliphatic heterocycles. The molecule has 1 nitrogen and oxygen atoms in total. The normalized spacial score (nSPS) is 12.6. The highest BCUT2D eigenvalue weighted by molar-refractivity contribution is 6.67. The van der Waals surface area contributed by atoms with Crippen LogP contribution in [0.15, 0.2) is 12.2 Å². The Morgan fingerprint density at radius 1 is 1.64 bits per heavy atom. The summed E-state index contributed by atoms with van der Waals surface area (Å²) in [5.41, 5.74) is 0.534. The van der Waals surface area contributed by atoms with Crippen molar-refractivity contribution >= 4 is 16.8 Å². The molecule has 0 aromatic rings. The van der Waals surface area contributed by atoms with Crippen LogP contribution in [0.3, 0.4) is 0 Å². The fourth-order valence-electron chi connectivity index (χ4n) is 0.723. The summed E-state index contributed by atoms with van der Waals surface area (Å²) >= 11 is 5.22. The second kappa shape index (κ2) is 5.36. The molecule has 0 aromatic heterocycles. The first-order chi connectivity index (χ1) is 5.07. The first-order valence-corrected chi connectivity index (χ1v) is 4.33. The largest absolute Gasteiger partial charge is 0.276 e. The molecule has 0 aliphatic rings. The Balaban J connectivity index is 3.54. The molecule has 0 N–H and O–H groups in total. The van der Waals surface area contributed by atoms with E-state index in [1.165, 1.54) is 0 Å². The van der Waals surface area contributed by atoms with Crippen LogP contribution in [0.2, 0.25) is 0 Å². The quantitative estimate of drug-likeness (QED) is 0.462. The predicted octanol–water partition coefficient (Wildman–Crippen LogP) is 3.13. The third-order valence-electron chi connectivity index (χ3n) is 1.91. The summed E-state index contributed by atoms with van der Waals surface area (Å²) in [4.78, 5) is 10.5. The van der Waals surface area contributed by atoms with Crippen LogP contribution in [0, 0.1) is 5.92 Å². The zero-order chi connectivity index (χ0) is 8.85. The topological polar surface area (TPSA) is 17.1 Å². The van der Waals surface area contributed by atoms with Crippen LogP contribution in [0.25, 0.3) is 0 Å². The van der Waals surface area contributed by atoms with E-state index >= 15 is 0 Å². The Labute approximate surface area is 73.4 Å². The van der Waals surface area contributed by atoms with Crippen molar-refractivity contribution in [2.24, 2.45) is 5.92 Å². The number of hydrogen-bond donors (Lipinski definition) is 0. The van der Waals surface area contributed by atoms with Crippen LogP contribution in [0.4, 0.5) is 0 Å². The minimum Gasteiger partial charge on any atom is -0.276 e. The van der Waals surface area contributed by atoms with E-state index in [-0.39, 0.29) is 0 Å². The summed E-state index contributed by atoms with van der Waals surface area (Å²) < 4.78 is 0. The maximum Gasteiger partial charge on any atom is 0.247 e. The molecule has 0 radical (unpaired) electrons. The van der Waals surface area contributed by atoms with Crippen molar-refractivity contribution in [2.45, 2.75) is 33.1 Å². The van der Waals surface area contributed by atoms with Crippen molar-refractivity contribution in [3.8, 4) is 0 Å². The van der Waals surface area contributed by atoms with E-state index < -0.39 is 5.24 Å². The van der Waals surface area contributed by atoms with Gasteiger partial charge in [0.2, 0.25) is 5.24 Å². The summed E-state index contributed by atoms with van der Waals surface area (Å²) in [6.45, 7) is 7.87. The minimum absolute atomic E-state index is 0.395. The zero-order valence-corrected chi connectivity index (χ0v) is 7.95. The molecule has 0 heterocycles. The van der Waals surface area contributed by atoms with Crippen molar-refractivity contribution in [1.29, 1.82) is 0 Å². The van der Waals surface area contributed by atoms with Gasteiger partial charge in [-0.25, -0.2) is 0 Å². The van der Waals surface area contributed by atoms with E-state index in [4.69, 9.17) is 11.6 Å². The summed E-state index contributed by atoms with van der Waals surface area (Å²) in [6.07, 6.45) is 2.88. The molecule has 0 aromatic carbocycles. The first-order valence-electron chi connectivity index (χ1n) is 3.95. The molecule has 1 unspecified atom stereocenters. The molecule has 0 saturated heterocycles. The number of allylic oxidation sites excluding steroid dienone is 1. The van der Waals surface area contributed by atoms with E-state index in [2.05, 4.69) is 20.4 Å². The molecule has 0 bridgehead atoms. The molecule has 0 amide bonds. The number of halogens is 1. The van der Waals surface area contributed by atoms with Crippen molar-refractivity contribution in [3.05, 3.63) is 12.2 Å². The molecule has 0 spiro atoms. The van der Waals surface area contributed by atoms with Gasteiger partial charge in [-0.2, -0.15) is 0 Å². The Hall–Kier alpha value is -0.300. The molecule has 0 rings (SSSR count). The van der Waals surface area contributed by atoms with Crippen LogP contribution in [-0.4, -0.2) is 5.24 Å². The van der Waals surface area contributed by atoms with E-state index in [1.54, 1.807) is 0 Å². The Bertz CT molecular complexity index is 152. The molecule has 11 heavy (non-hydrogen) atoms. The zero-order valence-electron chi connectivity index (χ0n) is 7.19. The van der Waals surface area contributed by atoms with Crippen LogP contribution < -0.4 is 0 Å². The molecule has 0 saturated carbocycles. The van der Waals surface area contributed by atoms with Gasteiger partial charge in [0.05, 0.1) is 0 Å². The van der Waals surface area contributed by atoms with Crippen molar-refractivity contribution < 1.29 is 4.79 Å². The first kappa shape index (κ1) is 10.7. The second-order valence-corrected chi connectivity index (χ2v) is 3.27. The van der Waals surface area contributed by atoms with Gasteiger partial charge >= 0.3 is 0 Å². The molecule has 64 valence electrons. The van der Waals surface area contributed by atoms with Gasteiger partial charge in [-0.1, -0.05) is 26.8 Å². The summed E-state index contributed by atoms with van der Waals surface area (Å²) in [5.74, 6) is 0.655. The van der Waals surface area contributed by atoms with Gasteiger partial charge in [0, 0.05) is 5.57 Å². The predicted molar refractivity (Wildman–Crippen MR) is 48.7 cm³/mol. The van der Waals surface area contributed by atoms with Crippen molar-refractivity contribution in [2.75, 3.05) is 0 Å². The van der Waals surface area contributed by atoms with Crippen LogP contribution in [0.1, 0.15) is 33.1 Å². The number of carbonyl (C=O) groups excluding carboxylic acids is 1. The fraction of sp³-hybridized carbons (Fsp3) is 0.667. The highest BCUT2D eigenvalue weighted by Gasteiger charge is 2.04. The molecule has 2 heteroatoms. The summed E-state index contributed by atoms with van der Waals surface area (Å²) in [7, 11) is 0. The van der Waals surface area contributed by atoms with E-state index in [1.807, 2.05) is 0 Å². The lowest BCUT2D eigenvalue weighted by molar-refractivity contribution is -0.108. The highest BCUT2D eigenvalue weighted by Crippen LogP contribution is 2.14. The Morgan fingerprint density at radius 2 is 2.18 bits per heavy atom. The van der Waals surface area contributed by atoms with E-state index in [9.17, 15) is 4.79 Å². The van der Waals surface area contributed by atoms with Crippen molar-refractivity contribution in [1.82, 2.24) is 0 Å². The average molecular weight is 175 g/mol. The maximum atomic E-state index is 10.5. The highest BCUT2D eigenvalue weighted by atomic mass is 35.5. The monoisotopic (exact) mass is 174 g/mol. The lowest BCUT2D eigenvalue weighted by Crippen LogP contribution is -1.97. The van der Waals surface area contributed by atoms with Gasteiger partial charge in [0.1, 0.15) is 0 Å². The lowest BCUT2D eigenvalue weighted by atomic mass is 10.0. The van der Waals surface area contributed by atoms with Gasteiger partial charge in [-0.15, -0.1) is 0 Å². The molecular weight excluding hydrogens is 160 g/mol. The van der Waals surface area contributed by atoms with Gasteiger partial charge in [-0.3, -0.25) is 4.79 Å².